The van der Waals surface area contributed by atoms with Crippen molar-refractivity contribution in [3.63, 3.8) is 0 Å². The topological polar surface area (TPSA) is 82.3 Å². The van der Waals surface area contributed by atoms with Crippen LogP contribution in [0, 0.1) is 0 Å². The van der Waals surface area contributed by atoms with Gasteiger partial charge in [0.2, 0.25) is 0 Å². The van der Waals surface area contributed by atoms with Crippen LogP contribution in [-0.4, -0.2) is 35.8 Å². The fraction of sp³-hybridized carbons (Fsp3) is 0.692. The van der Waals surface area contributed by atoms with Gasteiger partial charge in [-0.15, -0.1) is 0 Å². The molecule has 1 saturated carbocycles. The number of rotatable bonds is 6. The first-order chi connectivity index (χ1) is 9.21. The molecule has 0 bridgehead atoms. The van der Waals surface area contributed by atoms with Gasteiger partial charge < -0.3 is 20.5 Å². The van der Waals surface area contributed by atoms with Crippen molar-refractivity contribution in [2.75, 3.05) is 24.8 Å². The molecule has 1 heterocycles. The summed E-state index contributed by atoms with van der Waals surface area (Å²) in [7, 11) is 1.76. The zero-order valence-electron chi connectivity index (χ0n) is 11.6. The number of nitrogen functional groups attached to an aromatic ring is 1. The van der Waals surface area contributed by atoms with E-state index in [4.69, 9.17) is 15.2 Å². The minimum Gasteiger partial charge on any atom is -0.384 e. The lowest BCUT2D eigenvalue weighted by Gasteiger charge is -2.14. The SMILES string of the molecule is CCOCc1nc(N)cc(NC2CCC(OC)C2)n1. The molecule has 0 aliphatic heterocycles. The first-order valence-corrected chi connectivity index (χ1v) is 6.71. The Balaban J connectivity index is 1.97. The lowest BCUT2D eigenvalue weighted by molar-refractivity contribution is 0.108. The standard InChI is InChI=1S/C13H22N4O2/c1-3-19-8-13-16-11(14)7-12(17-13)15-9-4-5-10(6-9)18-2/h7,9-10H,3-6,8H2,1-2H3,(H3,14,15,16,17). The van der Waals surface area contributed by atoms with Crippen LogP contribution in [0.4, 0.5) is 11.6 Å². The van der Waals surface area contributed by atoms with Crippen molar-refractivity contribution in [2.45, 2.75) is 44.9 Å². The molecule has 106 valence electrons. The van der Waals surface area contributed by atoms with E-state index in [2.05, 4.69) is 15.3 Å². The summed E-state index contributed by atoms with van der Waals surface area (Å²) in [5, 5.41) is 3.40. The Hall–Kier alpha value is -1.40. The Morgan fingerprint density at radius 3 is 2.95 bits per heavy atom. The van der Waals surface area contributed by atoms with Crippen LogP contribution >= 0.6 is 0 Å². The van der Waals surface area contributed by atoms with E-state index < -0.39 is 0 Å². The molecule has 19 heavy (non-hydrogen) atoms. The molecule has 1 fully saturated rings. The van der Waals surface area contributed by atoms with E-state index >= 15 is 0 Å². The lowest BCUT2D eigenvalue weighted by atomic mass is 10.2. The Morgan fingerprint density at radius 1 is 1.42 bits per heavy atom. The molecule has 1 aromatic rings. The molecule has 6 heteroatoms. The summed E-state index contributed by atoms with van der Waals surface area (Å²) >= 11 is 0. The molecule has 1 aromatic heterocycles. The van der Waals surface area contributed by atoms with Crippen molar-refractivity contribution >= 4 is 11.6 Å². The molecule has 0 saturated heterocycles. The quantitative estimate of drug-likeness (QED) is 0.813. The molecule has 0 amide bonds. The molecule has 2 unspecified atom stereocenters. The van der Waals surface area contributed by atoms with Gasteiger partial charge in [0.25, 0.3) is 0 Å². The second-order valence-corrected chi connectivity index (χ2v) is 4.74. The first-order valence-electron chi connectivity index (χ1n) is 6.71. The third-order valence-electron chi connectivity index (χ3n) is 3.30. The summed E-state index contributed by atoms with van der Waals surface area (Å²) in [6, 6.07) is 2.15. The van der Waals surface area contributed by atoms with E-state index in [-0.39, 0.29) is 0 Å². The number of ether oxygens (including phenoxy) is 2. The van der Waals surface area contributed by atoms with Crippen molar-refractivity contribution in [3.8, 4) is 0 Å². The smallest absolute Gasteiger partial charge is 0.158 e. The fourth-order valence-electron chi connectivity index (χ4n) is 2.34. The van der Waals surface area contributed by atoms with Crippen LogP contribution < -0.4 is 11.1 Å². The molecule has 3 N–H and O–H groups in total. The van der Waals surface area contributed by atoms with Crippen molar-refractivity contribution < 1.29 is 9.47 Å². The van der Waals surface area contributed by atoms with Crippen LogP contribution in [0.1, 0.15) is 32.0 Å². The van der Waals surface area contributed by atoms with E-state index in [9.17, 15) is 0 Å². The second kappa shape index (κ2) is 6.68. The highest BCUT2D eigenvalue weighted by Gasteiger charge is 2.24. The third kappa shape index (κ3) is 4.04. The van der Waals surface area contributed by atoms with Crippen LogP contribution in [0.3, 0.4) is 0 Å². The molecular formula is C13H22N4O2. The number of anilines is 2. The van der Waals surface area contributed by atoms with Crippen LogP contribution in [0.15, 0.2) is 6.07 Å². The number of nitrogens with zero attached hydrogens (tertiary/aromatic N) is 2. The predicted molar refractivity (Wildman–Crippen MR) is 73.8 cm³/mol. The van der Waals surface area contributed by atoms with E-state index in [0.717, 1.165) is 25.1 Å². The van der Waals surface area contributed by atoms with Crippen molar-refractivity contribution in [2.24, 2.45) is 0 Å². The fourth-order valence-corrected chi connectivity index (χ4v) is 2.34. The van der Waals surface area contributed by atoms with Crippen molar-refractivity contribution in [1.29, 1.82) is 0 Å². The van der Waals surface area contributed by atoms with Gasteiger partial charge in [-0.3, -0.25) is 0 Å². The molecule has 2 atom stereocenters. The third-order valence-corrected chi connectivity index (χ3v) is 3.30. The molecule has 1 aliphatic carbocycles. The summed E-state index contributed by atoms with van der Waals surface area (Å²) in [6.07, 6.45) is 3.52. The predicted octanol–water partition coefficient (Wildman–Crippen LogP) is 1.57. The van der Waals surface area contributed by atoms with Crippen LogP contribution in [0.2, 0.25) is 0 Å². The lowest BCUT2D eigenvalue weighted by Crippen LogP contribution is -2.19. The van der Waals surface area contributed by atoms with E-state index in [1.807, 2.05) is 6.92 Å². The van der Waals surface area contributed by atoms with E-state index in [0.29, 0.717) is 37.0 Å². The first kappa shape index (κ1) is 14.0. The average molecular weight is 266 g/mol. The van der Waals surface area contributed by atoms with Gasteiger partial charge in [0.1, 0.15) is 18.2 Å². The van der Waals surface area contributed by atoms with E-state index in [1.54, 1.807) is 13.2 Å². The van der Waals surface area contributed by atoms with Crippen molar-refractivity contribution in [3.05, 3.63) is 11.9 Å². The molecule has 2 rings (SSSR count). The molecule has 0 radical (unpaired) electrons. The number of aromatic nitrogens is 2. The van der Waals surface area contributed by atoms with Gasteiger partial charge in [-0.05, 0) is 26.2 Å². The van der Waals surface area contributed by atoms with Gasteiger partial charge in [-0.25, -0.2) is 9.97 Å². The van der Waals surface area contributed by atoms with Crippen LogP contribution in [0.5, 0.6) is 0 Å². The maximum atomic E-state index is 5.79. The highest BCUT2D eigenvalue weighted by Crippen LogP contribution is 2.24. The Morgan fingerprint density at radius 2 is 2.26 bits per heavy atom. The monoisotopic (exact) mass is 266 g/mol. The maximum Gasteiger partial charge on any atom is 0.158 e. The summed E-state index contributed by atoms with van der Waals surface area (Å²) in [5.74, 6) is 1.85. The summed E-state index contributed by atoms with van der Waals surface area (Å²) < 4.78 is 10.7. The molecule has 6 nitrogen and oxygen atoms in total. The van der Waals surface area contributed by atoms with Crippen LogP contribution in [0.25, 0.3) is 0 Å². The van der Waals surface area contributed by atoms with Gasteiger partial charge in [0.15, 0.2) is 5.82 Å². The molecular weight excluding hydrogens is 244 g/mol. The Kier molecular flexibility index (Phi) is 4.93. The number of hydrogen-bond acceptors (Lipinski definition) is 6. The summed E-state index contributed by atoms with van der Waals surface area (Å²) in [6.45, 7) is 2.97. The minimum absolute atomic E-state index is 0.347. The summed E-state index contributed by atoms with van der Waals surface area (Å²) in [4.78, 5) is 8.57. The molecule has 0 aromatic carbocycles. The van der Waals surface area contributed by atoms with Gasteiger partial charge in [0, 0.05) is 25.8 Å². The number of hydrogen-bond donors (Lipinski definition) is 2. The zero-order valence-corrected chi connectivity index (χ0v) is 11.6. The maximum absolute atomic E-state index is 5.79. The second-order valence-electron chi connectivity index (χ2n) is 4.74. The highest BCUT2D eigenvalue weighted by molar-refractivity contribution is 5.45. The minimum atomic E-state index is 0.347. The zero-order chi connectivity index (χ0) is 13.7. The Labute approximate surface area is 113 Å². The average Bonchev–Trinajstić information content (AvgIpc) is 2.83. The van der Waals surface area contributed by atoms with Crippen molar-refractivity contribution in [1.82, 2.24) is 9.97 Å². The molecule has 0 spiro atoms. The van der Waals surface area contributed by atoms with Gasteiger partial charge in [-0.2, -0.15) is 0 Å². The van der Waals surface area contributed by atoms with E-state index in [1.165, 1.54) is 0 Å². The van der Waals surface area contributed by atoms with Gasteiger partial charge >= 0.3 is 0 Å². The number of methoxy groups -OCH3 is 1. The Bertz CT molecular complexity index is 414. The summed E-state index contributed by atoms with van der Waals surface area (Å²) in [5.41, 5.74) is 5.79. The number of nitrogens with two attached hydrogens (primary N) is 1. The highest BCUT2D eigenvalue weighted by atomic mass is 16.5. The van der Waals surface area contributed by atoms with Gasteiger partial charge in [0.05, 0.1) is 6.10 Å². The number of nitrogens with one attached hydrogen (secondary N) is 1. The molecule has 1 aliphatic rings. The largest absolute Gasteiger partial charge is 0.384 e. The normalized spacial score (nSPS) is 22.6. The van der Waals surface area contributed by atoms with Crippen LogP contribution in [-0.2, 0) is 16.1 Å². The van der Waals surface area contributed by atoms with Gasteiger partial charge in [-0.1, -0.05) is 0 Å².